The van der Waals surface area contributed by atoms with Crippen molar-refractivity contribution in [1.29, 1.82) is 0 Å². The number of benzene rings is 4. The van der Waals surface area contributed by atoms with Gasteiger partial charge in [-0.2, -0.15) is 0 Å². The molecule has 0 N–H and O–H groups in total. The quantitative estimate of drug-likeness (QED) is 0.407. The van der Waals surface area contributed by atoms with Gasteiger partial charge >= 0.3 is 0 Å². The Hall–Kier alpha value is -3.22. The molecule has 0 heterocycles. The van der Waals surface area contributed by atoms with E-state index in [-0.39, 0.29) is 5.52 Å². The first-order valence-corrected chi connectivity index (χ1v) is 11.3. The van der Waals surface area contributed by atoms with Crippen LogP contribution in [0.1, 0.15) is 21.5 Å². The van der Waals surface area contributed by atoms with Crippen LogP contribution < -0.4 is 10.6 Å². The van der Waals surface area contributed by atoms with Gasteiger partial charge in [0.25, 0.3) is 0 Å². The van der Waals surface area contributed by atoms with Gasteiger partial charge in [-0.25, -0.2) is 0 Å². The van der Waals surface area contributed by atoms with Crippen molar-refractivity contribution in [3.8, 4) is 0 Å². The maximum Gasteiger partial charge on any atom is 0.230 e. The fourth-order valence-corrected chi connectivity index (χ4v) is 5.90. The Bertz CT molecular complexity index is 1090. The maximum absolute atomic E-state index is 14.1. The molecule has 0 radical (unpaired) electrons. The summed E-state index contributed by atoms with van der Waals surface area (Å²) >= 11 is 0. The van der Waals surface area contributed by atoms with E-state index in [1.54, 1.807) is 36.4 Å². The second-order valence-electron chi connectivity index (χ2n) is 6.94. The van der Waals surface area contributed by atoms with Crippen LogP contribution >= 0.6 is 7.14 Å². The number of carbonyl (C=O) groups excluding carboxylic acids is 1. The lowest BCUT2D eigenvalue weighted by Crippen LogP contribution is -2.22. The van der Waals surface area contributed by atoms with Crippen molar-refractivity contribution >= 4 is 23.3 Å². The van der Waals surface area contributed by atoms with E-state index < -0.39 is 7.14 Å². The van der Waals surface area contributed by atoms with Gasteiger partial charge in [-0.3, -0.25) is 4.79 Å². The van der Waals surface area contributed by atoms with Crippen molar-refractivity contribution in [1.82, 2.24) is 0 Å². The van der Waals surface area contributed by atoms with Crippen LogP contribution in [0.3, 0.4) is 0 Å². The average molecular weight is 396 g/mol. The Morgan fingerprint density at radius 1 is 0.552 bits per heavy atom. The molecule has 29 heavy (non-hydrogen) atoms. The molecule has 0 fully saturated rings. The first-order chi connectivity index (χ1) is 14.2. The van der Waals surface area contributed by atoms with E-state index in [2.05, 4.69) is 12.1 Å². The predicted octanol–water partition coefficient (Wildman–Crippen LogP) is 5.43. The van der Waals surface area contributed by atoms with E-state index in [1.807, 2.05) is 66.7 Å². The molecule has 0 aliphatic rings. The summed E-state index contributed by atoms with van der Waals surface area (Å²) in [5.74, 6) is 0. The molecule has 0 bridgehead atoms. The van der Waals surface area contributed by atoms with Crippen molar-refractivity contribution in [2.24, 2.45) is 0 Å². The third-order valence-corrected chi connectivity index (χ3v) is 7.86. The molecule has 0 unspecified atom stereocenters. The van der Waals surface area contributed by atoms with Crippen molar-refractivity contribution < 1.29 is 9.36 Å². The van der Waals surface area contributed by atoms with Crippen LogP contribution in [0.2, 0.25) is 0 Å². The molecular formula is C26H21O2P. The molecule has 4 aromatic carbocycles. The smallest absolute Gasteiger partial charge is 0.230 e. The highest BCUT2D eigenvalue weighted by Gasteiger charge is 2.36. The molecule has 4 aromatic rings. The minimum atomic E-state index is -3.46. The number of rotatable bonds is 6. The molecule has 0 aliphatic heterocycles. The van der Waals surface area contributed by atoms with Gasteiger partial charge in [-0.1, -0.05) is 115 Å². The summed E-state index contributed by atoms with van der Waals surface area (Å²) in [6, 6.07) is 35.8. The zero-order valence-electron chi connectivity index (χ0n) is 15.9. The van der Waals surface area contributed by atoms with Crippen LogP contribution in [0, 0.1) is 0 Å². The van der Waals surface area contributed by atoms with E-state index in [1.165, 1.54) is 5.56 Å². The van der Waals surface area contributed by atoms with Crippen LogP contribution in [0.15, 0.2) is 115 Å². The van der Waals surface area contributed by atoms with Crippen LogP contribution in [-0.4, -0.2) is 5.52 Å². The average Bonchev–Trinajstić information content (AvgIpc) is 2.80. The summed E-state index contributed by atoms with van der Waals surface area (Å²) in [5, 5.41) is 1.12. The maximum atomic E-state index is 14.1. The fraction of sp³-hybridized carbons (Fsp3) is 0.0385. The predicted molar refractivity (Wildman–Crippen MR) is 120 cm³/mol. The number of hydrogen-bond donors (Lipinski definition) is 0. The van der Waals surface area contributed by atoms with Crippen LogP contribution in [0.4, 0.5) is 0 Å². The molecule has 0 amide bonds. The molecule has 0 spiro atoms. The van der Waals surface area contributed by atoms with Gasteiger partial charge in [0.1, 0.15) is 0 Å². The summed E-state index contributed by atoms with van der Waals surface area (Å²) in [6.07, 6.45) is 0.796. The molecule has 0 atom stereocenters. The van der Waals surface area contributed by atoms with E-state index in [0.717, 1.165) is 12.0 Å². The highest BCUT2D eigenvalue weighted by Crippen LogP contribution is 2.46. The monoisotopic (exact) mass is 396 g/mol. The van der Waals surface area contributed by atoms with Crippen LogP contribution in [-0.2, 0) is 11.0 Å². The lowest BCUT2D eigenvalue weighted by molar-refractivity contribution is 0.107. The molecule has 3 heteroatoms. The van der Waals surface area contributed by atoms with Gasteiger partial charge in [0.05, 0.1) is 0 Å². The summed E-state index contributed by atoms with van der Waals surface area (Å²) in [6.45, 7) is 0. The van der Waals surface area contributed by atoms with E-state index in [0.29, 0.717) is 16.2 Å². The Morgan fingerprint density at radius 3 is 1.45 bits per heavy atom. The summed E-state index contributed by atoms with van der Waals surface area (Å²) in [7, 11) is -3.46. The molecule has 4 rings (SSSR count). The molecule has 0 saturated heterocycles. The Kier molecular flexibility index (Phi) is 5.55. The Morgan fingerprint density at radius 2 is 0.966 bits per heavy atom. The minimum Gasteiger partial charge on any atom is -0.305 e. The first-order valence-electron chi connectivity index (χ1n) is 9.57. The van der Waals surface area contributed by atoms with Gasteiger partial charge in [-0.15, -0.1) is 0 Å². The van der Waals surface area contributed by atoms with Crippen molar-refractivity contribution in [3.63, 3.8) is 0 Å². The topological polar surface area (TPSA) is 34.1 Å². The summed E-state index contributed by atoms with van der Waals surface area (Å²) in [5.41, 5.74) is 2.46. The van der Waals surface area contributed by atoms with E-state index in [4.69, 9.17) is 0 Å². The van der Waals surface area contributed by atoms with E-state index in [9.17, 15) is 9.36 Å². The van der Waals surface area contributed by atoms with E-state index >= 15 is 0 Å². The zero-order valence-corrected chi connectivity index (χ0v) is 16.8. The summed E-state index contributed by atoms with van der Waals surface area (Å²) in [4.78, 5) is 13.5. The van der Waals surface area contributed by atoms with Crippen molar-refractivity contribution in [2.75, 3.05) is 0 Å². The number of carbonyl (C=O) groups is 1. The highest BCUT2D eigenvalue weighted by molar-refractivity contribution is 7.93. The normalized spacial score (nSPS) is 11.2. The molecule has 2 nitrogen and oxygen atoms in total. The van der Waals surface area contributed by atoms with Crippen LogP contribution in [0.25, 0.3) is 0 Å². The molecule has 142 valence electrons. The molecule has 0 aliphatic carbocycles. The van der Waals surface area contributed by atoms with Gasteiger partial charge in [0.2, 0.25) is 12.7 Å². The third-order valence-electron chi connectivity index (χ3n) is 4.98. The fourth-order valence-electron chi connectivity index (χ4n) is 3.44. The van der Waals surface area contributed by atoms with Crippen LogP contribution in [0.5, 0.6) is 0 Å². The SMILES string of the molecule is O=C(c1ccc(Cc2ccccc2)cc1)P(=O)(c1ccccc1)c1ccccc1. The zero-order chi connectivity index (χ0) is 20.1. The third kappa shape index (κ3) is 3.99. The Labute approximate surface area is 171 Å². The second-order valence-corrected chi connectivity index (χ2v) is 9.60. The minimum absolute atomic E-state index is 0.332. The van der Waals surface area contributed by atoms with Gasteiger partial charge in [0, 0.05) is 16.2 Å². The lowest BCUT2D eigenvalue weighted by Gasteiger charge is -2.18. The van der Waals surface area contributed by atoms with Gasteiger partial charge in [0.15, 0.2) is 0 Å². The summed E-state index contributed by atoms with van der Waals surface area (Å²) < 4.78 is 14.1. The van der Waals surface area contributed by atoms with Crippen molar-refractivity contribution in [2.45, 2.75) is 6.42 Å². The van der Waals surface area contributed by atoms with Gasteiger partial charge in [-0.05, 0) is 17.5 Å². The Balaban J connectivity index is 1.69. The standard InChI is InChI=1S/C26H21O2P/c27-26(23-18-16-22(17-19-23)20-21-10-4-1-5-11-21)29(28,24-12-6-2-7-13-24)25-14-8-3-9-15-25/h1-19H,20H2. The second kappa shape index (κ2) is 8.43. The molecule has 0 aromatic heterocycles. The van der Waals surface area contributed by atoms with Crippen molar-refractivity contribution in [3.05, 3.63) is 132 Å². The molecular weight excluding hydrogens is 375 g/mol. The first kappa shape index (κ1) is 19.1. The van der Waals surface area contributed by atoms with Gasteiger partial charge < -0.3 is 4.57 Å². The lowest BCUT2D eigenvalue weighted by atomic mass is 10.0. The highest BCUT2D eigenvalue weighted by atomic mass is 31.2. The molecule has 0 saturated carbocycles. The number of hydrogen-bond acceptors (Lipinski definition) is 2. The largest absolute Gasteiger partial charge is 0.305 e.